The van der Waals surface area contributed by atoms with Crippen molar-refractivity contribution in [3.8, 4) is 22.9 Å². The highest BCUT2D eigenvalue weighted by Crippen LogP contribution is 2.29. The third-order valence-electron chi connectivity index (χ3n) is 5.82. The van der Waals surface area contributed by atoms with Crippen molar-refractivity contribution in [2.45, 2.75) is 20.3 Å². The fourth-order valence-corrected chi connectivity index (χ4v) is 3.98. The highest BCUT2D eigenvalue weighted by Gasteiger charge is 2.13. The summed E-state index contributed by atoms with van der Waals surface area (Å²) in [5.74, 6) is 0.109. The molecule has 7 nitrogen and oxygen atoms in total. The lowest BCUT2D eigenvalue weighted by Gasteiger charge is -2.07. The number of esters is 2. The molecule has 0 saturated heterocycles. The van der Waals surface area contributed by atoms with E-state index in [0.717, 1.165) is 27.3 Å². The van der Waals surface area contributed by atoms with Crippen molar-refractivity contribution in [1.29, 1.82) is 0 Å². The standard InChI is InChI=1S/C29H24N2O5/c1-18-4-5-21-15-24(9-6-20(21)14-18)27-30-31-28(36-27)25-10-7-23-17-26(11-8-22(23)16-25)29(33)35-13-3-12-34-19(2)32/h4-11,14-17H,3,12-13H2,1-2H3. The summed E-state index contributed by atoms with van der Waals surface area (Å²) in [5, 5.41) is 12.6. The van der Waals surface area contributed by atoms with Gasteiger partial charge in [0, 0.05) is 24.5 Å². The molecule has 0 radical (unpaired) electrons. The zero-order valence-electron chi connectivity index (χ0n) is 20.0. The van der Waals surface area contributed by atoms with E-state index >= 15 is 0 Å². The van der Waals surface area contributed by atoms with Crippen molar-refractivity contribution in [1.82, 2.24) is 10.2 Å². The van der Waals surface area contributed by atoms with Gasteiger partial charge in [-0.1, -0.05) is 42.0 Å². The van der Waals surface area contributed by atoms with Gasteiger partial charge < -0.3 is 13.9 Å². The molecular formula is C29H24N2O5. The summed E-state index contributed by atoms with van der Waals surface area (Å²) < 4.78 is 16.1. The van der Waals surface area contributed by atoms with E-state index in [4.69, 9.17) is 13.9 Å². The quantitative estimate of drug-likeness (QED) is 0.204. The third kappa shape index (κ3) is 5.10. The minimum atomic E-state index is -0.420. The number of hydrogen-bond acceptors (Lipinski definition) is 7. The van der Waals surface area contributed by atoms with Crippen LogP contribution in [0.15, 0.2) is 77.2 Å². The van der Waals surface area contributed by atoms with Gasteiger partial charge in [0.05, 0.1) is 18.8 Å². The molecule has 0 aliphatic rings. The van der Waals surface area contributed by atoms with Crippen molar-refractivity contribution in [3.05, 3.63) is 83.9 Å². The largest absolute Gasteiger partial charge is 0.466 e. The highest BCUT2D eigenvalue weighted by molar-refractivity contribution is 5.96. The van der Waals surface area contributed by atoms with Crippen LogP contribution >= 0.6 is 0 Å². The summed E-state index contributed by atoms with van der Waals surface area (Å²) in [4.78, 5) is 23.1. The molecule has 1 heterocycles. The first-order valence-electron chi connectivity index (χ1n) is 11.7. The maximum Gasteiger partial charge on any atom is 0.338 e. The molecule has 0 saturated carbocycles. The van der Waals surface area contributed by atoms with Crippen molar-refractivity contribution in [3.63, 3.8) is 0 Å². The Morgan fingerprint density at radius 3 is 1.94 bits per heavy atom. The molecule has 0 amide bonds. The van der Waals surface area contributed by atoms with Gasteiger partial charge in [-0.25, -0.2) is 4.79 Å². The number of carbonyl (C=O) groups excluding carboxylic acids is 2. The van der Waals surface area contributed by atoms with Crippen LogP contribution in [-0.2, 0) is 14.3 Å². The van der Waals surface area contributed by atoms with E-state index in [-0.39, 0.29) is 19.2 Å². The molecule has 7 heteroatoms. The number of benzene rings is 4. The molecule has 0 spiro atoms. The molecule has 180 valence electrons. The number of fused-ring (bicyclic) bond motifs is 2. The summed E-state index contributed by atoms with van der Waals surface area (Å²) >= 11 is 0. The Morgan fingerprint density at radius 1 is 0.722 bits per heavy atom. The monoisotopic (exact) mass is 480 g/mol. The van der Waals surface area contributed by atoms with E-state index < -0.39 is 5.97 Å². The molecular weight excluding hydrogens is 456 g/mol. The lowest BCUT2D eigenvalue weighted by Crippen LogP contribution is -2.09. The van der Waals surface area contributed by atoms with E-state index in [1.54, 1.807) is 12.1 Å². The topological polar surface area (TPSA) is 91.5 Å². The van der Waals surface area contributed by atoms with Crippen molar-refractivity contribution >= 4 is 33.5 Å². The first-order valence-corrected chi connectivity index (χ1v) is 11.7. The van der Waals surface area contributed by atoms with Gasteiger partial charge in [0.15, 0.2) is 0 Å². The first-order chi connectivity index (χ1) is 17.5. The van der Waals surface area contributed by atoms with Crippen LogP contribution in [0.3, 0.4) is 0 Å². The second-order valence-corrected chi connectivity index (χ2v) is 8.58. The number of ether oxygens (including phenoxy) is 2. The Hall–Kier alpha value is -4.52. The Morgan fingerprint density at radius 2 is 1.28 bits per heavy atom. The maximum atomic E-state index is 12.3. The van der Waals surface area contributed by atoms with Gasteiger partial charge in [0.2, 0.25) is 11.8 Å². The zero-order valence-corrected chi connectivity index (χ0v) is 20.0. The molecule has 0 N–H and O–H groups in total. The minimum absolute atomic E-state index is 0.180. The van der Waals surface area contributed by atoms with Crippen molar-refractivity contribution in [2.75, 3.05) is 13.2 Å². The van der Waals surface area contributed by atoms with E-state index in [1.165, 1.54) is 17.9 Å². The number of hydrogen-bond donors (Lipinski definition) is 0. The van der Waals surface area contributed by atoms with Crippen LogP contribution in [0.4, 0.5) is 0 Å². The smallest absolute Gasteiger partial charge is 0.338 e. The molecule has 5 aromatic rings. The maximum absolute atomic E-state index is 12.3. The summed E-state index contributed by atoms with van der Waals surface area (Å²) in [7, 11) is 0. The van der Waals surface area contributed by atoms with Crippen LogP contribution in [-0.4, -0.2) is 35.3 Å². The lowest BCUT2D eigenvalue weighted by molar-refractivity contribution is -0.141. The molecule has 0 fully saturated rings. The zero-order chi connectivity index (χ0) is 25.1. The fraction of sp³-hybridized carbons (Fsp3) is 0.172. The number of carbonyl (C=O) groups is 2. The van der Waals surface area contributed by atoms with Crippen LogP contribution in [0.2, 0.25) is 0 Å². The predicted molar refractivity (Wildman–Crippen MR) is 136 cm³/mol. The van der Waals surface area contributed by atoms with Gasteiger partial charge in [0.25, 0.3) is 0 Å². The molecule has 0 atom stereocenters. The molecule has 0 aliphatic heterocycles. The first kappa shape index (κ1) is 23.2. The molecule has 0 unspecified atom stereocenters. The lowest BCUT2D eigenvalue weighted by atomic mass is 10.0. The van der Waals surface area contributed by atoms with Gasteiger partial charge in [0.1, 0.15) is 0 Å². The van der Waals surface area contributed by atoms with Gasteiger partial charge in [-0.2, -0.15) is 0 Å². The Labute approximate surface area is 207 Å². The van der Waals surface area contributed by atoms with Gasteiger partial charge in [-0.3, -0.25) is 4.79 Å². The SMILES string of the molecule is CC(=O)OCCCOC(=O)c1ccc2cc(-c3nnc(-c4ccc5cc(C)ccc5c4)o3)ccc2c1. The van der Waals surface area contributed by atoms with Crippen LogP contribution in [0, 0.1) is 6.92 Å². The number of aryl methyl sites for hydroxylation is 1. The average Bonchev–Trinajstić information content (AvgIpc) is 3.37. The summed E-state index contributed by atoms with van der Waals surface area (Å²) in [6.07, 6.45) is 0.452. The summed E-state index contributed by atoms with van der Waals surface area (Å²) in [5.41, 5.74) is 3.32. The molecule has 1 aromatic heterocycles. The summed E-state index contributed by atoms with van der Waals surface area (Å²) in [6, 6.07) is 23.5. The second-order valence-electron chi connectivity index (χ2n) is 8.58. The molecule has 36 heavy (non-hydrogen) atoms. The highest BCUT2D eigenvalue weighted by atomic mass is 16.5. The molecule has 0 aliphatic carbocycles. The van der Waals surface area contributed by atoms with Gasteiger partial charge >= 0.3 is 11.9 Å². The van der Waals surface area contributed by atoms with Gasteiger partial charge in [-0.05, 0) is 64.9 Å². The Balaban J connectivity index is 1.31. The summed E-state index contributed by atoms with van der Waals surface area (Å²) in [6.45, 7) is 3.82. The van der Waals surface area contributed by atoms with Crippen molar-refractivity contribution < 1.29 is 23.5 Å². The number of nitrogens with zero attached hydrogens (tertiary/aromatic N) is 2. The fourth-order valence-electron chi connectivity index (χ4n) is 3.98. The van der Waals surface area contributed by atoms with Crippen LogP contribution < -0.4 is 0 Å². The minimum Gasteiger partial charge on any atom is -0.466 e. The van der Waals surface area contributed by atoms with Crippen molar-refractivity contribution in [2.24, 2.45) is 0 Å². The number of aromatic nitrogens is 2. The number of rotatable bonds is 7. The van der Waals surface area contributed by atoms with Crippen LogP contribution in [0.25, 0.3) is 44.5 Å². The molecule has 5 rings (SSSR count). The van der Waals surface area contributed by atoms with Gasteiger partial charge in [-0.15, -0.1) is 10.2 Å². The molecule has 0 bridgehead atoms. The van der Waals surface area contributed by atoms with E-state index in [9.17, 15) is 9.59 Å². The normalized spacial score (nSPS) is 11.1. The van der Waals surface area contributed by atoms with E-state index in [1.807, 2.05) is 36.4 Å². The Bertz CT molecular complexity index is 1590. The predicted octanol–water partition coefficient (Wildman–Crippen LogP) is 6.13. The Kier molecular flexibility index (Phi) is 6.45. The second kappa shape index (κ2) is 10.00. The van der Waals surface area contributed by atoms with E-state index in [2.05, 4.69) is 41.4 Å². The van der Waals surface area contributed by atoms with E-state index in [0.29, 0.717) is 23.8 Å². The van der Waals surface area contributed by atoms with Crippen LogP contribution in [0.5, 0.6) is 0 Å². The third-order valence-corrected chi connectivity index (χ3v) is 5.82. The van der Waals surface area contributed by atoms with Crippen LogP contribution in [0.1, 0.15) is 29.3 Å². The molecule has 4 aromatic carbocycles. The average molecular weight is 481 g/mol.